The number of hydrogen-bond acceptors (Lipinski definition) is 2. The maximum absolute atomic E-state index is 3.79. The lowest BCUT2D eigenvalue weighted by molar-refractivity contribution is 0.379. The summed E-state index contributed by atoms with van der Waals surface area (Å²) in [4.78, 5) is 0. The van der Waals surface area contributed by atoms with Crippen LogP contribution in [0.4, 0.5) is 0 Å². The number of hydrogen-bond donors (Lipinski definition) is 1. The van der Waals surface area contributed by atoms with E-state index in [9.17, 15) is 0 Å². The van der Waals surface area contributed by atoms with Crippen LogP contribution in [0.1, 0.15) is 0 Å². The van der Waals surface area contributed by atoms with Crippen LogP contribution in [0, 0.1) is 0 Å². The molecule has 3 aromatic carbocycles. The lowest BCUT2D eigenvalue weighted by Crippen LogP contribution is -2.45. The molecule has 0 aliphatic carbocycles. The van der Waals surface area contributed by atoms with Crippen molar-refractivity contribution in [3.63, 3.8) is 0 Å². The molecule has 0 amide bonds. The Labute approximate surface area is 139 Å². The minimum atomic E-state index is -1.93. The predicted molar refractivity (Wildman–Crippen MR) is 102 cm³/mol. The molecule has 116 valence electrons. The van der Waals surface area contributed by atoms with Gasteiger partial charge in [-0.15, -0.1) is 5.20 Å². The highest BCUT2D eigenvalue weighted by molar-refractivity contribution is 7.94. The van der Waals surface area contributed by atoms with E-state index in [1.54, 1.807) is 0 Å². The molecular weight excluding hydrogens is 299 g/mol. The highest BCUT2D eigenvalue weighted by Gasteiger charge is 2.46. The molecule has 1 N–H and O–H groups in total. The average Bonchev–Trinajstić information content (AvgIpc) is 2.62. The Hall–Kier alpha value is -1.99. The Morgan fingerprint density at radius 2 is 0.870 bits per heavy atom. The topological polar surface area (TPSA) is 15.3 Å². The van der Waals surface area contributed by atoms with Crippen molar-refractivity contribution >= 4 is 23.3 Å². The van der Waals surface area contributed by atoms with Gasteiger partial charge in [0, 0.05) is 14.1 Å². The average molecular weight is 321 g/mol. The summed E-state index contributed by atoms with van der Waals surface area (Å²) in [7, 11) is 2.18. The van der Waals surface area contributed by atoms with Gasteiger partial charge in [0.25, 0.3) is 0 Å². The van der Waals surface area contributed by atoms with Gasteiger partial charge in [0.05, 0.1) is 0 Å². The molecule has 0 aromatic heterocycles. The van der Waals surface area contributed by atoms with Crippen LogP contribution in [0.15, 0.2) is 91.0 Å². The lowest BCUT2D eigenvalue weighted by Gasteiger charge is -2.30. The highest BCUT2D eigenvalue weighted by Crippen LogP contribution is 2.51. The second-order valence-corrected chi connectivity index (χ2v) is 8.76. The summed E-state index contributed by atoms with van der Waals surface area (Å²) in [6, 6.07) is 32.3. The molecule has 3 aromatic rings. The molecule has 23 heavy (non-hydrogen) atoms. The smallest absolute Gasteiger partial charge is 0.194 e. The Balaban J connectivity index is 2.30. The van der Waals surface area contributed by atoms with Crippen LogP contribution >= 0.6 is 7.41 Å². The number of nitrogens with one attached hydrogen (secondary N) is 1. The maximum Gasteiger partial charge on any atom is 0.194 e. The van der Waals surface area contributed by atoms with Gasteiger partial charge < -0.3 is 0 Å². The molecule has 0 saturated carbocycles. The molecule has 2 nitrogen and oxygen atoms in total. The van der Waals surface area contributed by atoms with Crippen molar-refractivity contribution in [2.75, 3.05) is 14.1 Å². The van der Waals surface area contributed by atoms with Crippen LogP contribution in [0.5, 0.6) is 0 Å². The first-order valence-corrected chi connectivity index (χ1v) is 9.53. The van der Waals surface area contributed by atoms with Gasteiger partial charge in [-0.05, 0) is 36.4 Å². The molecule has 3 heteroatoms. The molecule has 0 fully saturated rings. The van der Waals surface area contributed by atoms with E-state index < -0.39 is 7.41 Å². The number of benzene rings is 3. The van der Waals surface area contributed by atoms with E-state index in [1.807, 2.05) is 0 Å². The fourth-order valence-electron chi connectivity index (χ4n) is 2.88. The zero-order valence-electron chi connectivity index (χ0n) is 13.6. The van der Waals surface area contributed by atoms with Gasteiger partial charge in [-0.3, -0.25) is 0 Å². The lowest BCUT2D eigenvalue weighted by atomic mass is 10.4. The number of hydrazine groups is 1. The van der Waals surface area contributed by atoms with Gasteiger partial charge in [0.2, 0.25) is 0 Å². The van der Waals surface area contributed by atoms with Gasteiger partial charge in [0.15, 0.2) is 7.41 Å². The second-order valence-electron chi connectivity index (χ2n) is 5.67. The Morgan fingerprint density at radius 3 is 1.13 bits per heavy atom. The van der Waals surface area contributed by atoms with Crippen molar-refractivity contribution in [1.29, 1.82) is 0 Å². The normalized spacial score (nSPS) is 11.6. The van der Waals surface area contributed by atoms with Gasteiger partial charge in [-0.2, -0.15) is 0 Å². The van der Waals surface area contributed by atoms with Crippen molar-refractivity contribution in [3.8, 4) is 0 Å². The molecule has 0 unspecified atom stereocenters. The third kappa shape index (κ3) is 3.20. The maximum atomic E-state index is 3.79. The van der Waals surface area contributed by atoms with Crippen LogP contribution in [-0.2, 0) is 0 Å². The standard InChI is InChI=1S/C20H22N2P/c1-22(2)21-23(18-12-6-3-7-13-18,19-14-8-4-9-15-19)20-16-10-5-11-17-20/h3-17,21H,1-2H3/q+1. The molecule has 0 aliphatic heterocycles. The molecule has 0 saturated heterocycles. The van der Waals surface area contributed by atoms with E-state index in [0.717, 1.165) is 0 Å². The molecule has 0 bridgehead atoms. The fourth-order valence-corrected chi connectivity index (χ4v) is 6.57. The van der Waals surface area contributed by atoms with Crippen molar-refractivity contribution in [2.45, 2.75) is 0 Å². The summed E-state index contributed by atoms with van der Waals surface area (Å²) in [5.41, 5.74) is 0. The zero-order valence-corrected chi connectivity index (χ0v) is 14.4. The van der Waals surface area contributed by atoms with Crippen LogP contribution in [0.2, 0.25) is 0 Å². The summed E-state index contributed by atoms with van der Waals surface area (Å²) in [6.07, 6.45) is 0. The first-order valence-electron chi connectivity index (χ1n) is 7.74. The summed E-state index contributed by atoms with van der Waals surface area (Å²) in [6.45, 7) is 0. The van der Waals surface area contributed by atoms with Crippen LogP contribution in [-0.4, -0.2) is 19.1 Å². The Kier molecular flexibility index (Phi) is 4.88. The SMILES string of the molecule is CN(C)N[P+](c1ccccc1)(c1ccccc1)c1ccccc1. The minimum Gasteiger partial charge on any atom is -0.218 e. The number of nitrogens with zero attached hydrogens (tertiary/aromatic N) is 1. The molecule has 0 heterocycles. The molecule has 0 atom stereocenters. The minimum absolute atomic E-state index is 1.33. The molecule has 3 rings (SSSR count). The van der Waals surface area contributed by atoms with Crippen LogP contribution < -0.4 is 21.1 Å². The fraction of sp³-hybridized carbons (Fsp3) is 0.100. The van der Waals surface area contributed by atoms with Crippen molar-refractivity contribution in [3.05, 3.63) is 91.0 Å². The first-order chi connectivity index (χ1) is 11.2. The monoisotopic (exact) mass is 321 g/mol. The van der Waals surface area contributed by atoms with Crippen molar-refractivity contribution < 1.29 is 0 Å². The van der Waals surface area contributed by atoms with E-state index in [-0.39, 0.29) is 0 Å². The summed E-state index contributed by atoms with van der Waals surface area (Å²) < 4.78 is 0. The van der Waals surface area contributed by atoms with Crippen molar-refractivity contribution in [1.82, 2.24) is 10.2 Å². The zero-order chi connectivity index (χ0) is 16.1. The third-order valence-electron chi connectivity index (χ3n) is 3.78. The van der Waals surface area contributed by atoms with Gasteiger partial charge in [0.1, 0.15) is 15.9 Å². The Morgan fingerprint density at radius 1 is 0.565 bits per heavy atom. The summed E-state index contributed by atoms with van der Waals surface area (Å²) in [5.74, 6) is 0. The number of rotatable bonds is 5. The largest absolute Gasteiger partial charge is 0.218 e. The van der Waals surface area contributed by atoms with E-state index in [4.69, 9.17) is 0 Å². The molecular formula is C20H22N2P+. The van der Waals surface area contributed by atoms with Gasteiger partial charge in [-0.1, -0.05) is 54.6 Å². The first kappa shape index (κ1) is 15.9. The third-order valence-corrected chi connectivity index (χ3v) is 7.70. The summed E-state index contributed by atoms with van der Waals surface area (Å²) >= 11 is 0. The van der Waals surface area contributed by atoms with E-state index in [1.165, 1.54) is 15.9 Å². The summed E-state index contributed by atoms with van der Waals surface area (Å²) in [5, 5.41) is 9.83. The molecule has 0 spiro atoms. The van der Waals surface area contributed by atoms with Gasteiger partial charge >= 0.3 is 0 Å². The molecule has 0 radical (unpaired) electrons. The van der Waals surface area contributed by atoms with Gasteiger partial charge in [-0.25, -0.2) is 5.01 Å². The van der Waals surface area contributed by atoms with Crippen LogP contribution in [0.3, 0.4) is 0 Å². The Bertz CT molecular complexity index is 631. The van der Waals surface area contributed by atoms with E-state index in [0.29, 0.717) is 0 Å². The predicted octanol–water partition coefficient (Wildman–Crippen LogP) is 2.96. The van der Waals surface area contributed by atoms with Crippen LogP contribution in [0.25, 0.3) is 0 Å². The quantitative estimate of drug-likeness (QED) is 0.574. The van der Waals surface area contributed by atoms with E-state index >= 15 is 0 Å². The van der Waals surface area contributed by atoms with Crippen molar-refractivity contribution in [2.24, 2.45) is 0 Å². The van der Waals surface area contributed by atoms with E-state index in [2.05, 4.69) is 115 Å². The highest BCUT2D eigenvalue weighted by atomic mass is 31.2. The second kappa shape index (κ2) is 7.06. The molecule has 0 aliphatic rings.